The van der Waals surface area contributed by atoms with Gasteiger partial charge in [0.1, 0.15) is 5.82 Å². The minimum Gasteiger partial charge on any atom is -0.325 e. The molecule has 0 radical (unpaired) electrons. The van der Waals surface area contributed by atoms with Gasteiger partial charge in [-0.2, -0.15) is 0 Å². The van der Waals surface area contributed by atoms with Crippen molar-refractivity contribution in [3.05, 3.63) is 85.3 Å². The Balaban J connectivity index is 1.76. The van der Waals surface area contributed by atoms with Crippen molar-refractivity contribution < 1.29 is 9.72 Å². The summed E-state index contributed by atoms with van der Waals surface area (Å²) in [5.41, 5.74) is 0.992. The fourth-order valence-corrected chi connectivity index (χ4v) is 2.75. The zero-order valence-electron chi connectivity index (χ0n) is 14.7. The molecule has 0 saturated carbocycles. The SMILES string of the molecule is Cc1c(NC(=O)Cc2cnc(-c3ccc(Cl)cc3)[nH]c2=O)cccc1[N+](=O)[O-]. The zero-order valence-corrected chi connectivity index (χ0v) is 15.5. The van der Waals surface area contributed by atoms with Gasteiger partial charge in [-0.05, 0) is 37.3 Å². The number of hydrogen-bond acceptors (Lipinski definition) is 5. The summed E-state index contributed by atoms with van der Waals surface area (Å²) in [7, 11) is 0. The summed E-state index contributed by atoms with van der Waals surface area (Å²) in [4.78, 5) is 41.9. The van der Waals surface area contributed by atoms with Gasteiger partial charge in [-0.15, -0.1) is 0 Å². The van der Waals surface area contributed by atoms with E-state index in [0.29, 0.717) is 27.7 Å². The van der Waals surface area contributed by atoms with Crippen LogP contribution in [0, 0.1) is 17.0 Å². The topological polar surface area (TPSA) is 118 Å². The van der Waals surface area contributed by atoms with Crippen molar-refractivity contribution in [2.24, 2.45) is 0 Å². The maximum absolute atomic E-state index is 12.3. The molecule has 3 rings (SSSR count). The Kier molecular flexibility index (Phi) is 5.51. The summed E-state index contributed by atoms with van der Waals surface area (Å²) in [6.07, 6.45) is 1.12. The molecule has 0 aliphatic heterocycles. The van der Waals surface area contributed by atoms with E-state index in [0.717, 1.165) is 0 Å². The van der Waals surface area contributed by atoms with Gasteiger partial charge < -0.3 is 10.3 Å². The second-order valence-electron chi connectivity index (χ2n) is 6.02. The van der Waals surface area contributed by atoms with Gasteiger partial charge in [0.05, 0.1) is 22.6 Å². The van der Waals surface area contributed by atoms with Crippen molar-refractivity contribution in [3.8, 4) is 11.4 Å². The van der Waals surface area contributed by atoms with Gasteiger partial charge in [0, 0.05) is 28.4 Å². The first kappa shape index (κ1) is 19.2. The van der Waals surface area contributed by atoms with Crippen LogP contribution >= 0.6 is 11.6 Å². The van der Waals surface area contributed by atoms with Crippen LogP contribution in [0.25, 0.3) is 11.4 Å². The summed E-state index contributed by atoms with van der Waals surface area (Å²) >= 11 is 5.84. The average molecular weight is 399 g/mol. The van der Waals surface area contributed by atoms with Crippen LogP contribution in [0.4, 0.5) is 11.4 Å². The Morgan fingerprint density at radius 3 is 2.61 bits per heavy atom. The van der Waals surface area contributed by atoms with Crippen LogP contribution in [0.5, 0.6) is 0 Å². The number of aromatic amines is 1. The lowest BCUT2D eigenvalue weighted by atomic mass is 10.1. The zero-order chi connectivity index (χ0) is 20.3. The summed E-state index contributed by atoms with van der Waals surface area (Å²) in [5, 5.41) is 14.2. The molecule has 2 aromatic carbocycles. The molecule has 0 bridgehead atoms. The standard InChI is InChI=1S/C19H15ClN4O4/c1-11-15(3-2-4-16(11)24(27)28)22-17(25)9-13-10-21-18(23-19(13)26)12-5-7-14(20)8-6-12/h2-8,10H,9H2,1H3,(H,22,25)(H,21,23,26). The van der Waals surface area contributed by atoms with Gasteiger partial charge in [-0.25, -0.2) is 4.98 Å². The van der Waals surface area contributed by atoms with Gasteiger partial charge in [0.15, 0.2) is 0 Å². The highest BCUT2D eigenvalue weighted by Crippen LogP contribution is 2.25. The molecule has 142 valence electrons. The minimum absolute atomic E-state index is 0.0929. The number of nitro benzene ring substituents is 1. The number of H-pyrrole nitrogens is 1. The number of amides is 1. The normalized spacial score (nSPS) is 10.5. The van der Waals surface area contributed by atoms with Crippen molar-refractivity contribution in [1.82, 2.24) is 9.97 Å². The molecule has 1 heterocycles. The Morgan fingerprint density at radius 2 is 1.96 bits per heavy atom. The van der Waals surface area contributed by atoms with Crippen LogP contribution in [0.15, 0.2) is 53.5 Å². The van der Waals surface area contributed by atoms with Crippen LogP contribution in [0.1, 0.15) is 11.1 Å². The summed E-state index contributed by atoms with van der Waals surface area (Å²) in [5.74, 6) is -0.115. The molecule has 0 spiro atoms. The number of nitro groups is 1. The molecule has 8 nitrogen and oxygen atoms in total. The van der Waals surface area contributed by atoms with Gasteiger partial charge >= 0.3 is 0 Å². The van der Waals surface area contributed by atoms with Gasteiger partial charge in [0.2, 0.25) is 5.91 Å². The maximum atomic E-state index is 12.3. The summed E-state index contributed by atoms with van der Waals surface area (Å²) in [6.45, 7) is 1.54. The molecule has 0 unspecified atom stereocenters. The van der Waals surface area contributed by atoms with E-state index in [1.54, 1.807) is 37.3 Å². The van der Waals surface area contributed by atoms with E-state index in [9.17, 15) is 19.7 Å². The van der Waals surface area contributed by atoms with E-state index < -0.39 is 16.4 Å². The largest absolute Gasteiger partial charge is 0.325 e. The molecule has 28 heavy (non-hydrogen) atoms. The van der Waals surface area contributed by atoms with E-state index in [1.165, 1.54) is 18.3 Å². The number of nitrogens with one attached hydrogen (secondary N) is 2. The lowest BCUT2D eigenvalue weighted by Crippen LogP contribution is -2.22. The van der Waals surface area contributed by atoms with Crippen molar-refractivity contribution >= 4 is 28.9 Å². The van der Waals surface area contributed by atoms with Crippen LogP contribution in [0.2, 0.25) is 5.02 Å². The Morgan fingerprint density at radius 1 is 1.25 bits per heavy atom. The lowest BCUT2D eigenvalue weighted by Gasteiger charge is -2.08. The molecule has 3 aromatic rings. The Hall–Kier alpha value is -3.52. The molecular weight excluding hydrogens is 384 g/mol. The number of benzene rings is 2. The molecule has 0 atom stereocenters. The highest BCUT2D eigenvalue weighted by atomic mass is 35.5. The summed E-state index contributed by atoms with van der Waals surface area (Å²) < 4.78 is 0. The smallest absolute Gasteiger partial charge is 0.274 e. The number of nitrogens with zero attached hydrogens (tertiary/aromatic N) is 2. The molecule has 1 aromatic heterocycles. The predicted octanol–water partition coefficient (Wildman–Crippen LogP) is 3.49. The van der Waals surface area contributed by atoms with Gasteiger partial charge in [-0.1, -0.05) is 17.7 Å². The Labute approximate surface area is 164 Å². The van der Waals surface area contributed by atoms with Gasteiger partial charge in [-0.3, -0.25) is 19.7 Å². The van der Waals surface area contributed by atoms with Crippen LogP contribution in [0.3, 0.4) is 0 Å². The fourth-order valence-electron chi connectivity index (χ4n) is 2.63. The minimum atomic E-state index is -0.519. The van der Waals surface area contributed by atoms with Crippen molar-refractivity contribution in [1.29, 1.82) is 0 Å². The average Bonchev–Trinajstić information content (AvgIpc) is 2.65. The number of hydrogen-bond donors (Lipinski definition) is 2. The monoisotopic (exact) mass is 398 g/mol. The van der Waals surface area contributed by atoms with E-state index >= 15 is 0 Å². The number of rotatable bonds is 5. The van der Waals surface area contributed by atoms with Crippen LogP contribution in [-0.4, -0.2) is 20.8 Å². The number of anilines is 1. The Bertz CT molecular complexity index is 1110. The first-order valence-electron chi connectivity index (χ1n) is 8.23. The summed E-state index contributed by atoms with van der Waals surface area (Å²) in [6, 6.07) is 11.2. The molecule has 0 aliphatic carbocycles. The van der Waals surface area contributed by atoms with E-state index in [2.05, 4.69) is 15.3 Å². The predicted molar refractivity (Wildman–Crippen MR) is 105 cm³/mol. The van der Waals surface area contributed by atoms with E-state index in [4.69, 9.17) is 11.6 Å². The van der Waals surface area contributed by atoms with Crippen molar-refractivity contribution in [2.75, 3.05) is 5.32 Å². The molecule has 0 fully saturated rings. The first-order chi connectivity index (χ1) is 13.3. The maximum Gasteiger partial charge on any atom is 0.274 e. The van der Waals surface area contributed by atoms with Crippen LogP contribution < -0.4 is 10.9 Å². The second kappa shape index (κ2) is 8.01. The molecule has 2 N–H and O–H groups in total. The third-order valence-corrected chi connectivity index (χ3v) is 4.37. The third kappa shape index (κ3) is 4.24. The number of carbonyl (C=O) groups is 1. The first-order valence-corrected chi connectivity index (χ1v) is 8.61. The molecule has 9 heteroatoms. The van der Waals surface area contributed by atoms with Crippen molar-refractivity contribution in [3.63, 3.8) is 0 Å². The molecule has 0 saturated heterocycles. The molecule has 1 amide bonds. The number of carbonyl (C=O) groups excluding carboxylic acids is 1. The number of halogens is 1. The molecule has 0 aliphatic rings. The van der Waals surface area contributed by atoms with Crippen LogP contribution in [-0.2, 0) is 11.2 Å². The highest BCUT2D eigenvalue weighted by Gasteiger charge is 2.16. The quantitative estimate of drug-likeness (QED) is 0.503. The van der Waals surface area contributed by atoms with Gasteiger partial charge in [0.25, 0.3) is 11.2 Å². The number of aromatic nitrogens is 2. The third-order valence-electron chi connectivity index (χ3n) is 4.12. The lowest BCUT2D eigenvalue weighted by molar-refractivity contribution is -0.385. The second-order valence-corrected chi connectivity index (χ2v) is 6.46. The van der Waals surface area contributed by atoms with Crippen molar-refractivity contribution in [2.45, 2.75) is 13.3 Å². The highest BCUT2D eigenvalue weighted by molar-refractivity contribution is 6.30. The fraction of sp³-hybridized carbons (Fsp3) is 0.105. The molecular formula is C19H15ClN4O4. The van der Waals surface area contributed by atoms with E-state index in [-0.39, 0.29) is 17.7 Å². The van der Waals surface area contributed by atoms with E-state index in [1.807, 2.05) is 0 Å².